The predicted octanol–water partition coefficient (Wildman–Crippen LogP) is 1.36. The summed E-state index contributed by atoms with van der Waals surface area (Å²) in [4.78, 5) is 4.08. The molecule has 0 atom stereocenters. The Morgan fingerprint density at radius 1 is 1.64 bits per heavy atom. The third-order valence-electron chi connectivity index (χ3n) is 1.37. The van der Waals surface area contributed by atoms with Crippen LogP contribution in [0, 0.1) is 6.92 Å². The molecule has 1 heterocycles. The maximum Gasteiger partial charge on any atom is 0.0378 e. The van der Waals surface area contributed by atoms with E-state index in [0.717, 1.165) is 11.3 Å². The molecule has 0 amide bonds. The quantitative estimate of drug-likeness (QED) is 0.687. The first-order valence-electron chi connectivity index (χ1n) is 3.62. The zero-order valence-corrected chi connectivity index (χ0v) is 6.62. The Balaban J connectivity index is 2.79. The highest BCUT2D eigenvalue weighted by atomic mass is 14.6. The fourth-order valence-electron chi connectivity index (χ4n) is 0.875. The zero-order chi connectivity index (χ0) is 8.10. The lowest BCUT2D eigenvalue weighted by molar-refractivity contribution is 1.19. The second-order valence-electron chi connectivity index (χ2n) is 2.37. The molecule has 0 spiro atoms. The van der Waals surface area contributed by atoms with Crippen LogP contribution < -0.4 is 5.73 Å². The summed E-state index contributed by atoms with van der Waals surface area (Å²) < 4.78 is 0. The monoisotopic (exact) mass is 148 g/mol. The summed E-state index contributed by atoms with van der Waals surface area (Å²) in [6.07, 6.45) is 5.72. The lowest BCUT2D eigenvalue weighted by Gasteiger charge is -1.93. The summed E-state index contributed by atoms with van der Waals surface area (Å²) >= 11 is 0. The average Bonchev–Trinajstić information content (AvgIpc) is 2.01. The van der Waals surface area contributed by atoms with Crippen molar-refractivity contribution in [1.82, 2.24) is 4.98 Å². The first-order chi connectivity index (χ1) is 5.33. The van der Waals surface area contributed by atoms with Gasteiger partial charge in [-0.2, -0.15) is 0 Å². The Morgan fingerprint density at radius 2 is 2.45 bits per heavy atom. The van der Waals surface area contributed by atoms with Crippen LogP contribution in [0.3, 0.4) is 0 Å². The molecule has 0 aromatic carbocycles. The van der Waals surface area contributed by atoms with E-state index in [1.807, 2.05) is 31.2 Å². The summed E-state index contributed by atoms with van der Waals surface area (Å²) in [5.74, 6) is 0. The Kier molecular flexibility index (Phi) is 2.81. The first-order valence-corrected chi connectivity index (χ1v) is 3.62. The maximum atomic E-state index is 5.31. The third kappa shape index (κ3) is 2.51. The van der Waals surface area contributed by atoms with Crippen molar-refractivity contribution in [1.29, 1.82) is 0 Å². The molecule has 58 valence electrons. The smallest absolute Gasteiger partial charge is 0.0378 e. The lowest BCUT2D eigenvalue weighted by atomic mass is 10.2. The van der Waals surface area contributed by atoms with E-state index in [2.05, 4.69) is 4.98 Å². The van der Waals surface area contributed by atoms with Crippen LogP contribution in [0.5, 0.6) is 0 Å². The minimum Gasteiger partial charge on any atom is -0.327 e. The van der Waals surface area contributed by atoms with Crippen molar-refractivity contribution in [2.45, 2.75) is 6.92 Å². The van der Waals surface area contributed by atoms with Gasteiger partial charge in [0.1, 0.15) is 0 Å². The fraction of sp³-hybridized carbons (Fsp3) is 0.222. The molecule has 0 unspecified atom stereocenters. The van der Waals surface area contributed by atoms with E-state index < -0.39 is 0 Å². The Labute approximate surface area is 66.8 Å². The van der Waals surface area contributed by atoms with E-state index in [-0.39, 0.29) is 0 Å². The van der Waals surface area contributed by atoms with E-state index in [0.29, 0.717) is 6.54 Å². The molecule has 0 saturated heterocycles. The van der Waals surface area contributed by atoms with E-state index in [4.69, 9.17) is 5.73 Å². The van der Waals surface area contributed by atoms with Crippen LogP contribution in [0.25, 0.3) is 6.08 Å². The van der Waals surface area contributed by atoms with Crippen LogP contribution in [-0.2, 0) is 0 Å². The molecule has 0 aliphatic carbocycles. The van der Waals surface area contributed by atoms with Crippen LogP contribution in [0.4, 0.5) is 0 Å². The summed E-state index contributed by atoms with van der Waals surface area (Å²) in [6, 6.07) is 3.98. The summed E-state index contributed by atoms with van der Waals surface area (Å²) in [6.45, 7) is 2.56. The molecule has 0 aliphatic rings. The summed E-state index contributed by atoms with van der Waals surface area (Å²) in [5.41, 5.74) is 7.50. The van der Waals surface area contributed by atoms with Crippen LogP contribution >= 0.6 is 0 Å². The topological polar surface area (TPSA) is 38.9 Å². The summed E-state index contributed by atoms with van der Waals surface area (Å²) in [5, 5.41) is 0. The van der Waals surface area contributed by atoms with Gasteiger partial charge in [-0.1, -0.05) is 12.2 Å². The Morgan fingerprint density at radius 3 is 3.09 bits per heavy atom. The third-order valence-corrected chi connectivity index (χ3v) is 1.37. The van der Waals surface area contributed by atoms with Gasteiger partial charge in [0.05, 0.1) is 0 Å². The van der Waals surface area contributed by atoms with E-state index in [1.165, 1.54) is 0 Å². The van der Waals surface area contributed by atoms with Crippen molar-refractivity contribution in [2.24, 2.45) is 5.73 Å². The molecule has 1 aromatic rings. The summed E-state index contributed by atoms with van der Waals surface area (Å²) in [7, 11) is 0. The fourth-order valence-corrected chi connectivity index (χ4v) is 0.875. The molecule has 0 fully saturated rings. The van der Waals surface area contributed by atoms with Gasteiger partial charge in [0.25, 0.3) is 0 Å². The number of pyridine rings is 1. The number of aryl methyl sites for hydroxylation is 1. The maximum absolute atomic E-state index is 5.31. The first kappa shape index (κ1) is 7.95. The van der Waals surface area contributed by atoms with E-state index in [9.17, 15) is 0 Å². The second kappa shape index (κ2) is 3.88. The molecule has 1 aromatic heterocycles. The highest BCUT2D eigenvalue weighted by Gasteiger charge is 1.86. The molecule has 11 heavy (non-hydrogen) atoms. The number of nitrogens with two attached hydrogens (primary N) is 1. The van der Waals surface area contributed by atoms with Crippen molar-refractivity contribution in [3.63, 3.8) is 0 Å². The standard InChI is InChI=1S/C9H12N2/c1-8-7-9(3-2-5-10)4-6-11-8/h2-4,6-7H,5,10H2,1H3/b3-2+. The largest absolute Gasteiger partial charge is 0.327 e. The minimum atomic E-state index is 0.585. The van der Waals surface area contributed by atoms with Crippen molar-refractivity contribution < 1.29 is 0 Å². The number of hydrogen-bond acceptors (Lipinski definition) is 2. The van der Waals surface area contributed by atoms with Gasteiger partial charge in [-0.15, -0.1) is 0 Å². The number of hydrogen-bond donors (Lipinski definition) is 1. The molecule has 0 saturated carbocycles. The van der Waals surface area contributed by atoms with E-state index >= 15 is 0 Å². The van der Waals surface area contributed by atoms with Gasteiger partial charge in [-0.3, -0.25) is 4.98 Å². The molecule has 0 bridgehead atoms. The van der Waals surface area contributed by atoms with Crippen molar-refractivity contribution in [3.05, 3.63) is 35.7 Å². The Bertz CT molecular complexity index is 253. The normalized spacial score (nSPS) is 10.7. The van der Waals surface area contributed by atoms with Crippen LogP contribution in [0.2, 0.25) is 0 Å². The average molecular weight is 148 g/mol. The highest BCUT2D eigenvalue weighted by Crippen LogP contribution is 2.01. The molecule has 2 nitrogen and oxygen atoms in total. The predicted molar refractivity (Wildman–Crippen MR) is 47.1 cm³/mol. The van der Waals surface area contributed by atoms with Gasteiger partial charge in [0, 0.05) is 18.4 Å². The van der Waals surface area contributed by atoms with Crippen LogP contribution in [0.1, 0.15) is 11.3 Å². The lowest BCUT2D eigenvalue weighted by Crippen LogP contribution is -1.92. The second-order valence-corrected chi connectivity index (χ2v) is 2.37. The van der Waals surface area contributed by atoms with Crippen molar-refractivity contribution >= 4 is 6.08 Å². The molecule has 0 aliphatic heterocycles. The van der Waals surface area contributed by atoms with Crippen LogP contribution in [-0.4, -0.2) is 11.5 Å². The number of aromatic nitrogens is 1. The van der Waals surface area contributed by atoms with Crippen molar-refractivity contribution in [2.75, 3.05) is 6.54 Å². The van der Waals surface area contributed by atoms with Gasteiger partial charge < -0.3 is 5.73 Å². The van der Waals surface area contributed by atoms with E-state index in [1.54, 1.807) is 6.20 Å². The molecule has 2 N–H and O–H groups in total. The molecule has 1 rings (SSSR count). The molecular formula is C9H12N2. The number of nitrogens with zero attached hydrogens (tertiary/aromatic N) is 1. The molecule has 0 radical (unpaired) electrons. The SMILES string of the molecule is Cc1cc(/C=C/CN)ccn1. The molecule has 2 heteroatoms. The minimum absolute atomic E-state index is 0.585. The van der Waals surface area contributed by atoms with Crippen molar-refractivity contribution in [3.8, 4) is 0 Å². The van der Waals surface area contributed by atoms with Gasteiger partial charge in [0.2, 0.25) is 0 Å². The molecular weight excluding hydrogens is 136 g/mol. The van der Waals surface area contributed by atoms with Gasteiger partial charge in [-0.25, -0.2) is 0 Å². The van der Waals surface area contributed by atoms with Gasteiger partial charge >= 0.3 is 0 Å². The van der Waals surface area contributed by atoms with Gasteiger partial charge in [-0.05, 0) is 24.6 Å². The van der Waals surface area contributed by atoms with Gasteiger partial charge in [0.15, 0.2) is 0 Å². The zero-order valence-electron chi connectivity index (χ0n) is 6.62. The number of rotatable bonds is 2. The highest BCUT2D eigenvalue weighted by molar-refractivity contribution is 5.48. The Hall–Kier alpha value is -1.15. The van der Waals surface area contributed by atoms with Crippen LogP contribution in [0.15, 0.2) is 24.4 Å².